The van der Waals surface area contributed by atoms with Crippen LogP contribution in [0.2, 0.25) is 0 Å². The lowest BCUT2D eigenvalue weighted by molar-refractivity contribution is 0.0975. The van der Waals surface area contributed by atoms with E-state index < -0.39 is 0 Å². The fourth-order valence-corrected chi connectivity index (χ4v) is 2.13. The Hall–Kier alpha value is -1.69. The van der Waals surface area contributed by atoms with Gasteiger partial charge >= 0.3 is 0 Å². The van der Waals surface area contributed by atoms with Crippen LogP contribution in [0.1, 0.15) is 10.4 Å². The van der Waals surface area contributed by atoms with Gasteiger partial charge in [0.1, 0.15) is 11.5 Å². The Labute approximate surface area is 103 Å². The minimum absolute atomic E-state index is 0.106. The Kier molecular flexibility index (Phi) is 3.53. The second-order valence-corrected chi connectivity index (χ2v) is 4.46. The first-order chi connectivity index (χ1) is 8.20. The molecule has 0 saturated heterocycles. The van der Waals surface area contributed by atoms with Crippen LogP contribution in [0.5, 0.6) is 11.5 Å². The number of hydrogen-bond donors (Lipinski definition) is 2. The van der Waals surface area contributed by atoms with E-state index in [1.54, 1.807) is 6.07 Å². The summed E-state index contributed by atoms with van der Waals surface area (Å²) < 4.78 is 4.94. The van der Waals surface area contributed by atoms with E-state index in [0.29, 0.717) is 10.9 Å². The third-order valence-corrected chi connectivity index (χ3v) is 3.15. The van der Waals surface area contributed by atoms with Crippen LogP contribution in [-0.2, 0) is 0 Å². The topological polar surface area (TPSA) is 70.9 Å². The van der Waals surface area contributed by atoms with Crippen molar-refractivity contribution in [2.24, 2.45) is 4.99 Å². The molecule has 0 unspecified atom stereocenters. The van der Waals surface area contributed by atoms with Crippen LogP contribution < -0.4 is 10.1 Å². The van der Waals surface area contributed by atoms with E-state index in [1.165, 1.54) is 31.0 Å². The summed E-state index contributed by atoms with van der Waals surface area (Å²) in [6, 6.07) is 4.54. The molecule has 0 spiro atoms. The summed E-state index contributed by atoms with van der Waals surface area (Å²) in [5.74, 6) is 0.917. The van der Waals surface area contributed by atoms with Gasteiger partial charge in [-0.1, -0.05) is 11.8 Å². The predicted molar refractivity (Wildman–Crippen MR) is 66.9 cm³/mol. The molecule has 17 heavy (non-hydrogen) atoms. The minimum atomic E-state index is -0.363. The number of nitrogens with zero attached hydrogens (tertiary/aromatic N) is 1. The molecule has 1 heterocycles. The number of rotatable bonds is 2. The molecule has 2 N–H and O–H groups in total. The summed E-state index contributed by atoms with van der Waals surface area (Å²) in [7, 11) is 1.50. The van der Waals surface area contributed by atoms with Crippen LogP contribution in [0, 0.1) is 0 Å². The van der Waals surface area contributed by atoms with E-state index in [9.17, 15) is 9.90 Å². The van der Waals surface area contributed by atoms with Gasteiger partial charge in [0.2, 0.25) is 0 Å². The molecule has 1 amide bonds. The average Bonchev–Trinajstić information content (AvgIpc) is 2.81. The van der Waals surface area contributed by atoms with Crippen LogP contribution in [0.15, 0.2) is 23.2 Å². The number of aromatic hydroxyl groups is 1. The average molecular weight is 252 g/mol. The summed E-state index contributed by atoms with van der Waals surface area (Å²) in [4.78, 5) is 15.9. The zero-order chi connectivity index (χ0) is 12.3. The molecule has 1 aliphatic heterocycles. The number of aliphatic imine (C=N–C) groups is 1. The standard InChI is InChI=1S/C11H12N2O3S/c1-16-7-2-3-8(9(14)6-7)10(15)13-11-12-4-5-17-11/h2-3,6,14H,4-5H2,1H3,(H,12,13,15). The van der Waals surface area contributed by atoms with E-state index >= 15 is 0 Å². The van der Waals surface area contributed by atoms with Crippen molar-refractivity contribution in [3.05, 3.63) is 23.8 Å². The molecule has 1 aromatic rings. The van der Waals surface area contributed by atoms with Crippen LogP contribution in [-0.4, -0.2) is 35.6 Å². The van der Waals surface area contributed by atoms with Gasteiger partial charge in [-0.15, -0.1) is 0 Å². The van der Waals surface area contributed by atoms with Gasteiger partial charge in [-0.25, -0.2) is 0 Å². The van der Waals surface area contributed by atoms with E-state index in [4.69, 9.17) is 4.74 Å². The lowest BCUT2D eigenvalue weighted by atomic mass is 10.2. The van der Waals surface area contributed by atoms with Crippen molar-refractivity contribution >= 4 is 22.8 Å². The number of nitrogens with one attached hydrogen (secondary N) is 1. The third kappa shape index (κ3) is 2.71. The fraction of sp³-hybridized carbons (Fsp3) is 0.273. The van der Waals surface area contributed by atoms with Crippen molar-refractivity contribution in [2.45, 2.75) is 0 Å². The van der Waals surface area contributed by atoms with Gasteiger partial charge in [0.25, 0.3) is 5.91 Å². The molecule has 90 valence electrons. The maximum atomic E-state index is 11.8. The largest absolute Gasteiger partial charge is 0.507 e. The lowest BCUT2D eigenvalue weighted by Gasteiger charge is -2.07. The summed E-state index contributed by atoms with van der Waals surface area (Å²) >= 11 is 1.49. The molecule has 0 bridgehead atoms. The Morgan fingerprint density at radius 1 is 1.59 bits per heavy atom. The maximum absolute atomic E-state index is 11.8. The number of phenols is 1. The SMILES string of the molecule is COc1ccc(C(=O)NC2=NCCS2)c(O)c1. The number of hydrogen-bond acceptors (Lipinski definition) is 5. The van der Waals surface area contributed by atoms with E-state index in [-0.39, 0.29) is 17.2 Å². The first-order valence-electron chi connectivity index (χ1n) is 5.06. The molecule has 6 heteroatoms. The van der Waals surface area contributed by atoms with E-state index in [2.05, 4.69) is 10.3 Å². The number of carbonyl (C=O) groups is 1. The molecule has 0 radical (unpaired) electrons. The smallest absolute Gasteiger partial charge is 0.260 e. The molecule has 0 aliphatic carbocycles. The normalized spacial score (nSPS) is 14.3. The highest BCUT2D eigenvalue weighted by Gasteiger charge is 2.15. The quantitative estimate of drug-likeness (QED) is 0.830. The van der Waals surface area contributed by atoms with E-state index in [0.717, 1.165) is 12.3 Å². The van der Waals surface area contributed by atoms with Gasteiger partial charge in [0.05, 0.1) is 19.2 Å². The minimum Gasteiger partial charge on any atom is -0.507 e. The molecule has 5 nitrogen and oxygen atoms in total. The molecule has 1 aromatic carbocycles. The van der Waals surface area contributed by atoms with Gasteiger partial charge in [0.15, 0.2) is 5.17 Å². The van der Waals surface area contributed by atoms with Crippen molar-refractivity contribution in [3.63, 3.8) is 0 Å². The molecular formula is C11H12N2O3S. The molecule has 0 aromatic heterocycles. The first kappa shape index (κ1) is 11.8. The summed E-state index contributed by atoms with van der Waals surface area (Å²) in [6.45, 7) is 0.717. The highest BCUT2D eigenvalue weighted by Crippen LogP contribution is 2.23. The highest BCUT2D eigenvalue weighted by molar-refractivity contribution is 8.14. The number of carbonyl (C=O) groups excluding carboxylic acids is 1. The van der Waals surface area contributed by atoms with Crippen LogP contribution in [0.25, 0.3) is 0 Å². The summed E-state index contributed by atoms with van der Waals surface area (Å²) in [5.41, 5.74) is 0.209. The van der Waals surface area contributed by atoms with Gasteiger partial charge in [-0.2, -0.15) is 0 Å². The van der Waals surface area contributed by atoms with Crippen molar-refractivity contribution < 1.29 is 14.6 Å². The van der Waals surface area contributed by atoms with Gasteiger partial charge < -0.3 is 15.2 Å². The van der Waals surface area contributed by atoms with Gasteiger partial charge in [-0.05, 0) is 12.1 Å². The summed E-state index contributed by atoms with van der Waals surface area (Å²) in [5, 5.41) is 12.9. The zero-order valence-corrected chi connectivity index (χ0v) is 10.1. The number of methoxy groups -OCH3 is 1. The Morgan fingerprint density at radius 2 is 2.41 bits per heavy atom. The Balaban J connectivity index is 2.13. The molecule has 0 saturated carbocycles. The molecular weight excluding hydrogens is 240 g/mol. The van der Waals surface area contributed by atoms with Crippen LogP contribution >= 0.6 is 11.8 Å². The molecule has 0 atom stereocenters. The number of benzene rings is 1. The number of thioether (sulfide) groups is 1. The van der Waals surface area contributed by atoms with Crippen LogP contribution in [0.3, 0.4) is 0 Å². The van der Waals surface area contributed by atoms with Gasteiger partial charge in [-0.3, -0.25) is 9.79 Å². The predicted octanol–water partition coefficient (Wildman–Crippen LogP) is 1.23. The fourth-order valence-electron chi connectivity index (χ4n) is 1.41. The number of phenolic OH excluding ortho intramolecular Hbond substituents is 1. The van der Waals surface area contributed by atoms with Gasteiger partial charge in [0, 0.05) is 11.8 Å². The van der Waals surface area contributed by atoms with E-state index in [1.807, 2.05) is 0 Å². The first-order valence-corrected chi connectivity index (χ1v) is 6.05. The third-order valence-electron chi connectivity index (χ3n) is 2.26. The van der Waals surface area contributed by atoms with Crippen molar-refractivity contribution in [1.29, 1.82) is 0 Å². The van der Waals surface area contributed by atoms with Crippen LogP contribution in [0.4, 0.5) is 0 Å². The van der Waals surface area contributed by atoms with Crippen molar-refractivity contribution in [2.75, 3.05) is 19.4 Å². The highest BCUT2D eigenvalue weighted by atomic mass is 32.2. The zero-order valence-electron chi connectivity index (χ0n) is 9.27. The lowest BCUT2D eigenvalue weighted by Crippen LogP contribution is -2.27. The Bertz CT molecular complexity index is 474. The number of ether oxygens (including phenoxy) is 1. The number of amides is 1. The maximum Gasteiger partial charge on any atom is 0.260 e. The number of amidine groups is 1. The molecule has 1 aliphatic rings. The van der Waals surface area contributed by atoms with Crippen molar-refractivity contribution in [1.82, 2.24) is 5.32 Å². The van der Waals surface area contributed by atoms with Crippen molar-refractivity contribution in [3.8, 4) is 11.5 Å². The summed E-state index contributed by atoms with van der Waals surface area (Å²) in [6.07, 6.45) is 0. The Morgan fingerprint density at radius 3 is 3.00 bits per heavy atom. The molecule has 0 fully saturated rings. The molecule has 2 rings (SSSR count). The second kappa shape index (κ2) is 5.09. The second-order valence-electron chi connectivity index (χ2n) is 3.37. The monoisotopic (exact) mass is 252 g/mol.